The third-order valence-electron chi connectivity index (χ3n) is 3.94. The SMILES string of the molecule is CCCCC/C=C\[C@H](O)[C@@H](O)[C@@H](O)CCCCCCCC(=O)O. The van der Waals surface area contributed by atoms with Crippen LogP contribution in [0.3, 0.4) is 0 Å². The zero-order chi connectivity index (χ0) is 17.5. The van der Waals surface area contributed by atoms with E-state index in [0.717, 1.165) is 51.4 Å². The molecule has 23 heavy (non-hydrogen) atoms. The van der Waals surface area contributed by atoms with Crippen molar-refractivity contribution in [3.8, 4) is 0 Å². The number of carboxylic acids is 1. The zero-order valence-corrected chi connectivity index (χ0v) is 14.4. The summed E-state index contributed by atoms with van der Waals surface area (Å²) in [5.74, 6) is -0.764. The zero-order valence-electron chi connectivity index (χ0n) is 14.4. The summed E-state index contributed by atoms with van der Waals surface area (Å²) in [6.45, 7) is 2.13. The summed E-state index contributed by atoms with van der Waals surface area (Å²) in [4.78, 5) is 10.4. The molecule has 4 N–H and O–H groups in total. The van der Waals surface area contributed by atoms with Gasteiger partial charge in [0.15, 0.2) is 0 Å². The number of carbonyl (C=O) groups is 1. The highest BCUT2D eigenvalue weighted by molar-refractivity contribution is 5.66. The molecular formula is C18H34O5. The molecule has 0 saturated heterocycles. The average molecular weight is 330 g/mol. The fourth-order valence-electron chi connectivity index (χ4n) is 2.42. The predicted octanol–water partition coefficient (Wildman–Crippen LogP) is 3.02. The van der Waals surface area contributed by atoms with Crippen LogP contribution in [0.5, 0.6) is 0 Å². The van der Waals surface area contributed by atoms with Crippen molar-refractivity contribution in [3.63, 3.8) is 0 Å². The van der Waals surface area contributed by atoms with Crippen molar-refractivity contribution in [2.45, 2.75) is 95.9 Å². The molecule has 0 radical (unpaired) electrons. The molecule has 5 nitrogen and oxygen atoms in total. The van der Waals surface area contributed by atoms with E-state index < -0.39 is 24.3 Å². The quantitative estimate of drug-likeness (QED) is 0.273. The van der Waals surface area contributed by atoms with Crippen LogP contribution < -0.4 is 0 Å². The number of rotatable bonds is 15. The first-order chi connectivity index (χ1) is 11.0. The van der Waals surface area contributed by atoms with Gasteiger partial charge >= 0.3 is 5.97 Å². The van der Waals surface area contributed by atoms with Crippen molar-refractivity contribution in [1.82, 2.24) is 0 Å². The molecule has 136 valence electrons. The van der Waals surface area contributed by atoms with Crippen LogP contribution >= 0.6 is 0 Å². The van der Waals surface area contributed by atoms with Gasteiger partial charge in [-0.05, 0) is 25.7 Å². The molecule has 0 aliphatic rings. The molecular weight excluding hydrogens is 296 g/mol. The van der Waals surface area contributed by atoms with E-state index in [-0.39, 0.29) is 6.42 Å². The van der Waals surface area contributed by atoms with E-state index in [1.807, 2.05) is 6.08 Å². The molecule has 0 aromatic rings. The summed E-state index contributed by atoms with van der Waals surface area (Å²) >= 11 is 0. The molecule has 0 amide bonds. The molecule has 0 aliphatic heterocycles. The lowest BCUT2D eigenvalue weighted by Gasteiger charge is -2.20. The minimum absolute atomic E-state index is 0.206. The standard InChI is InChI=1S/C18H34O5/c1-2-3-4-6-9-12-15(19)18(23)16(20)13-10-7-5-8-11-14-17(21)22/h9,12,15-16,18-20,23H,2-8,10-11,13-14H2,1H3,(H,21,22)/b12-9-/t15-,16-,18+/m0/s1. The fourth-order valence-corrected chi connectivity index (χ4v) is 2.42. The van der Waals surface area contributed by atoms with E-state index in [9.17, 15) is 20.1 Å². The highest BCUT2D eigenvalue weighted by atomic mass is 16.4. The topological polar surface area (TPSA) is 98.0 Å². The summed E-state index contributed by atoms with van der Waals surface area (Å²) in [6.07, 6.45) is 9.36. The Hall–Kier alpha value is -0.910. The van der Waals surface area contributed by atoms with Crippen LogP contribution in [0.25, 0.3) is 0 Å². The molecule has 0 rings (SSSR count). The van der Waals surface area contributed by atoms with Crippen LogP contribution in [-0.2, 0) is 4.79 Å². The Balaban J connectivity index is 3.71. The number of aliphatic hydroxyl groups is 3. The molecule has 3 atom stereocenters. The second-order valence-electron chi connectivity index (χ2n) is 6.17. The Bertz CT molecular complexity index is 317. The summed E-state index contributed by atoms with van der Waals surface area (Å²) in [5.41, 5.74) is 0. The smallest absolute Gasteiger partial charge is 0.303 e. The number of aliphatic carboxylic acids is 1. The molecule has 0 aromatic carbocycles. The number of allylic oxidation sites excluding steroid dienone is 1. The summed E-state index contributed by atoms with van der Waals surface area (Å²) in [7, 11) is 0. The first-order valence-electron chi connectivity index (χ1n) is 8.91. The molecule has 0 spiro atoms. The van der Waals surface area contributed by atoms with Crippen molar-refractivity contribution >= 4 is 5.97 Å². The second kappa shape index (κ2) is 14.7. The van der Waals surface area contributed by atoms with Crippen LogP contribution in [0.4, 0.5) is 0 Å². The minimum atomic E-state index is -1.15. The van der Waals surface area contributed by atoms with Gasteiger partial charge in [-0.1, -0.05) is 57.6 Å². The van der Waals surface area contributed by atoms with Crippen molar-refractivity contribution in [2.75, 3.05) is 0 Å². The van der Waals surface area contributed by atoms with Gasteiger partial charge in [0.1, 0.15) is 12.2 Å². The molecule has 0 saturated carbocycles. The van der Waals surface area contributed by atoms with Crippen molar-refractivity contribution < 1.29 is 25.2 Å². The maximum Gasteiger partial charge on any atom is 0.303 e. The van der Waals surface area contributed by atoms with Crippen LogP contribution in [0, 0.1) is 0 Å². The molecule has 0 aromatic heterocycles. The van der Waals surface area contributed by atoms with E-state index >= 15 is 0 Å². The van der Waals surface area contributed by atoms with Gasteiger partial charge in [-0.15, -0.1) is 0 Å². The summed E-state index contributed by atoms with van der Waals surface area (Å²) < 4.78 is 0. The van der Waals surface area contributed by atoms with Crippen molar-refractivity contribution in [3.05, 3.63) is 12.2 Å². The Morgan fingerprint density at radius 2 is 1.61 bits per heavy atom. The van der Waals surface area contributed by atoms with Gasteiger partial charge in [-0.25, -0.2) is 0 Å². The Labute approximate surface area is 140 Å². The second-order valence-corrected chi connectivity index (χ2v) is 6.17. The molecule has 5 heteroatoms. The largest absolute Gasteiger partial charge is 0.481 e. The fraction of sp³-hybridized carbons (Fsp3) is 0.833. The Morgan fingerprint density at radius 3 is 2.26 bits per heavy atom. The number of hydrogen-bond donors (Lipinski definition) is 4. The van der Waals surface area contributed by atoms with E-state index in [1.54, 1.807) is 6.08 Å². The van der Waals surface area contributed by atoms with Gasteiger partial charge < -0.3 is 20.4 Å². The number of unbranched alkanes of at least 4 members (excludes halogenated alkanes) is 7. The third kappa shape index (κ3) is 13.2. The lowest BCUT2D eigenvalue weighted by Crippen LogP contribution is -2.36. The maximum absolute atomic E-state index is 10.4. The summed E-state index contributed by atoms with van der Waals surface area (Å²) in [5, 5.41) is 38.1. The average Bonchev–Trinajstić information content (AvgIpc) is 2.52. The Morgan fingerprint density at radius 1 is 0.957 bits per heavy atom. The van der Waals surface area contributed by atoms with Gasteiger partial charge in [-0.2, -0.15) is 0 Å². The first-order valence-corrected chi connectivity index (χ1v) is 8.91. The highest BCUT2D eigenvalue weighted by Gasteiger charge is 2.21. The van der Waals surface area contributed by atoms with E-state index in [0.29, 0.717) is 12.8 Å². The number of carboxylic acid groups (broad SMARTS) is 1. The van der Waals surface area contributed by atoms with Crippen LogP contribution in [0.15, 0.2) is 12.2 Å². The van der Waals surface area contributed by atoms with E-state index in [2.05, 4.69) is 6.92 Å². The molecule has 0 unspecified atom stereocenters. The van der Waals surface area contributed by atoms with Gasteiger partial charge in [0.25, 0.3) is 0 Å². The third-order valence-corrected chi connectivity index (χ3v) is 3.94. The van der Waals surface area contributed by atoms with E-state index in [4.69, 9.17) is 5.11 Å². The monoisotopic (exact) mass is 330 g/mol. The first kappa shape index (κ1) is 22.1. The van der Waals surface area contributed by atoms with Crippen molar-refractivity contribution in [1.29, 1.82) is 0 Å². The summed E-state index contributed by atoms with van der Waals surface area (Å²) in [6, 6.07) is 0. The van der Waals surface area contributed by atoms with Gasteiger partial charge in [0.05, 0.1) is 6.10 Å². The van der Waals surface area contributed by atoms with Crippen LogP contribution in [0.2, 0.25) is 0 Å². The predicted molar refractivity (Wildman–Crippen MR) is 91.3 cm³/mol. The Kier molecular flexibility index (Phi) is 14.1. The molecule has 0 heterocycles. The molecule has 0 fully saturated rings. The van der Waals surface area contributed by atoms with E-state index in [1.165, 1.54) is 0 Å². The van der Waals surface area contributed by atoms with Crippen molar-refractivity contribution in [2.24, 2.45) is 0 Å². The van der Waals surface area contributed by atoms with Gasteiger partial charge in [-0.3, -0.25) is 4.79 Å². The minimum Gasteiger partial charge on any atom is -0.481 e. The van der Waals surface area contributed by atoms with Gasteiger partial charge in [0.2, 0.25) is 0 Å². The number of hydrogen-bond acceptors (Lipinski definition) is 4. The normalized spacial score (nSPS) is 15.7. The lowest BCUT2D eigenvalue weighted by molar-refractivity contribution is -0.137. The molecule has 0 bridgehead atoms. The number of aliphatic hydroxyl groups excluding tert-OH is 3. The maximum atomic E-state index is 10.4. The highest BCUT2D eigenvalue weighted by Crippen LogP contribution is 2.13. The molecule has 0 aliphatic carbocycles. The van der Waals surface area contributed by atoms with Crippen LogP contribution in [0.1, 0.15) is 77.6 Å². The lowest BCUT2D eigenvalue weighted by atomic mass is 10.0. The van der Waals surface area contributed by atoms with Crippen LogP contribution in [-0.4, -0.2) is 44.7 Å². The van der Waals surface area contributed by atoms with Gasteiger partial charge in [0, 0.05) is 6.42 Å².